The van der Waals surface area contributed by atoms with E-state index in [0.717, 1.165) is 11.3 Å². The summed E-state index contributed by atoms with van der Waals surface area (Å²) in [5.74, 6) is 0.599. The Morgan fingerprint density at radius 1 is 1.25 bits per heavy atom. The number of rotatable bonds is 5. The number of anilines is 1. The molecule has 2 aromatic rings. The largest absolute Gasteiger partial charge is 0.476 e. The van der Waals surface area contributed by atoms with E-state index in [1.807, 2.05) is 38.1 Å². The molecule has 0 fully saturated rings. The van der Waals surface area contributed by atoms with Crippen LogP contribution in [0.2, 0.25) is 10.0 Å². The average Bonchev–Trinajstić information content (AvgIpc) is 2.44. The van der Waals surface area contributed by atoms with Crippen LogP contribution in [0.5, 0.6) is 5.88 Å². The molecule has 0 saturated heterocycles. The van der Waals surface area contributed by atoms with E-state index < -0.39 is 0 Å². The second kappa shape index (κ2) is 6.82. The summed E-state index contributed by atoms with van der Waals surface area (Å²) in [7, 11) is 0. The van der Waals surface area contributed by atoms with Crippen molar-refractivity contribution in [2.75, 3.05) is 11.9 Å². The van der Waals surface area contributed by atoms with Gasteiger partial charge in [0.2, 0.25) is 5.88 Å². The van der Waals surface area contributed by atoms with Gasteiger partial charge in [0, 0.05) is 12.2 Å². The molecule has 1 aromatic carbocycles. The van der Waals surface area contributed by atoms with Gasteiger partial charge in [0.15, 0.2) is 0 Å². The first kappa shape index (κ1) is 14.9. The summed E-state index contributed by atoms with van der Waals surface area (Å²) in [6.07, 6.45) is 1.71. The standard InChI is InChI=1S/C15H16Cl2N2O/c1-3-20-15-14(5-4-8-18-15)19-10(2)11-6-7-12(16)13(17)9-11/h4-10,19H,3H2,1-2H3. The Bertz CT molecular complexity index is 590. The zero-order valence-corrected chi connectivity index (χ0v) is 12.9. The Balaban J connectivity index is 2.18. The monoisotopic (exact) mass is 310 g/mol. The Morgan fingerprint density at radius 3 is 2.75 bits per heavy atom. The van der Waals surface area contributed by atoms with E-state index in [9.17, 15) is 0 Å². The molecule has 5 heteroatoms. The third-order valence-electron chi connectivity index (χ3n) is 2.87. The second-order valence-corrected chi connectivity index (χ2v) is 5.14. The fourth-order valence-electron chi connectivity index (χ4n) is 1.85. The molecule has 1 N–H and O–H groups in total. The molecule has 1 atom stereocenters. The van der Waals surface area contributed by atoms with Crippen LogP contribution in [0.3, 0.4) is 0 Å². The lowest BCUT2D eigenvalue weighted by Crippen LogP contribution is -2.09. The number of nitrogens with zero attached hydrogens (tertiary/aromatic N) is 1. The molecule has 0 bridgehead atoms. The van der Waals surface area contributed by atoms with Crippen molar-refractivity contribution in [1.29, 1.82) is 0 Å². The van der Waals surface area contributed by atoms with E-state index in [4.69, 9.17) is 27.9 Å². The maximum Gasteiger partial charge on any atom is 0.237 e. The molecule has 2 rings (SSSR count). The first-order valence-corrected chi connectivity index (χ1v) is 7.16. The summed E-state index contributed by atoms with van der Waals surface area (Å²) in [6, 6.07) is 9.47. The van der Waals surface area contributed by atoms with Gasteiger partial charge in [-0.15, -0.1) is 0 Å². The number of benzene rings is 1. The molecule has 1 heterocycles. The van der Waals surface area contributed by atoms with Crippen LogP contribution in [0.4, 0.5) is 5.69 Å². The molecule has 0 aliphatic carbocycles. The maximum atomic E-state index is 6.05. The van der Waals surface area contributed by atoms with Crippen LogP contribution in [0, 0.1) is 0 Å². The molecule has 0 spiro atoms. The van der Waals surface area contributed by atoms with E-state index in [-0.39, 0.29) is 6.04 Å². The van der Waals surface area contributed by atoms with Crippen LogP contribution in [0.15, 0.2) is 36.5 Å². The fraction of sp³-hybridized carbons (Fsp3) is 0.267. The van der Waals surface area contributed by atoms with Gasteiger partial charge in [0.1, 0.15) is 0 Å². The van der Waals surface area contributed by atoms with Crippen LogP contribution >= 0.6 is 23.2 Å². The van der Waals surface area contributed by atoms with Crippen molar-refractivity contribution in [3.8, 4) is 5.88 Å². The highest BCUT2D eigenvalue weighted by Crippen LogP contribution is 2.29. The highest BCUT2D eigenvalue weighted by Gasteiger charge is 2.11. The van der Waals surface area contributed by atoms with Crippen molar-refractivity contribution in [1.82, 2.24) is 4.98 Å². The van der Waals surface area contributed by atoms with Crippen molar-refractivity contribution >= 4 is 28.9 Å². The first-order valence-electron chi connectivity index (χ1n) is 6.41. The SMILES string of the molecule is CCOc1ncccc1NC(C)c1ccc(Cl)c(Cl)c1. The maximum absolute atomic E-state index is 6.05. The van der Waals surface area contributed by atoms with E-state index in [2.05, 4.69) is 10.3 Å². The Kier molecular flexibility index (Phi) is 5.10. The summed E-state index contributed by atoms with van der Waals surface area (Å²) < 4.78 is 5.50. The van der Waals surface area contributed by atoms with Gasteiger partial charge in [-0.3, -0.25) is 0 Å². The molecule has 0 aliphatic heterocycles. The van der Waals surface area contributed by atoms with Crippen molar-refractivity contribution < 1.29 is 4.74 Å². The van der Waals surface area contributed by atoms with Crippen molar-refractivity contribution in [3.05, 3.63) is 52.1 Å². The molecule has 0 radical (unpaired) electrons. The van der Waals surface area contributed by atoms with Gasteiger partial charge in [-0.25, -0.2) is 4.98 Å². The molecule has 0 amide bonds. The molecule has 1 aromatic heterocycles. The number of pyridine rings is 1. The lowest BCUT2D eigenvalue weighted by atomic mass is 10.1. The van der Waals surface area contributed by atoms with Crippen molar-refractivity contribution in [2.45, 2.75) is 19.9 Å². The molecule has 0 aliphatic rings. The van der Waals surface area contributed by atoms with Gasteiger partial charge in [-0.05, 0) is 43.7 Å². The van der Waals surface area contributed by atoms with E-state index in [1.54, 1.807) is 12.3 Å². The summed E-state index contributed by atoms with van der Waals surface area (Å²) in [4.78, 5) is 4.21. The highest BCUT2D eigenvalue weighted by atomic mass is 35.5. The predicted molar refractivity (Wildman–Crippen MR) is 83.9 cm³/mol. The number of aromatic nitrogens is 1. The summed E-state index contributed by atoms with van der Waals surface area (Å²) in [5, 5.41) is 4.47. The molecular formula is C15H16Cl2N2O. The number of nitrogens with one attached hydrogen (secondary N) is 1. The second-order valence-electron chi connectivity index (χ2n) is 4.33. The Hall–Kier alpha value is -1.45. The third-order valence-corrected chi connectivity index (χ3v) is 3.61. The smallest absolute Gasteiger partial charge is 0.237 e. The van der Waals surface area contributed by atoms with E-state index in [0.29, 0.717) is 22.5 Å². The first-order chi connectivity index (χ1) is 9.61. The van der Waals surface area contributed by atoms with Crippen LogP contribution in [-0.4, -0.2) is 11.6 Å². The van der Waals surface area contributed by atoms with E-state index in [1.165, 1.54) is 0 Å². The number of ether oxygens (including phenoxy) is 1. The molecule has 3 nitrogen and oxygen atoms in total. The normalized spacial score (nSPS) is 12.0. The van der Waals surface area contributed by atoms with Crippen LogP contribution in [0.1, 0.15) is 25.5 Å². The zero-order valence-electron chi connectivity index (χ0n) is 11.4. The molecule has 20 heavy (non-hydrogen) atoms. The minimum absolute atomic E-state index is 0.0631. The zero-order chi connectivity index (χ0) is 14.5. The number of hydrogen-bond donors (Lipinski definition) is 1. The van der Waals surface area contributed by atoms with Gasteiger partial charge in [0.25, 0.3) is 0 Å². The molecule has 0 saturated carbocycles. The quantitative estimate of drug-likeness (QED) is 0.847. The Morgan fingerprint density at radius 2 is 2.05 bits per heavy atom. The van der Waals surface area contributed by atoms with Gasteiger partial charge < -0.3 is 10.1 Å². The van der Waals surface area contributed by atoms with Crippen molar-refractivity contribution in [3.63, 3.8) is 0 Å². The Labute approximate surface area is 128 Å². The molecular weight excluding hydrogens is 295 g/mol. The fourth-order valence-corrected chi connectivity index (χ4v) is 2.16. The minimum Gasteiger partial charge on any atom is -0.476 e. The molecule has 106 valence electrons. The van der Waals surface area contributed by atoms with E-state index >= 15 is 0 Å². The summed E-state index contributed by atoms with van der Waals surface area (Å²) in [5.41, 5.74) is 1.90. The van der Waals surface area contributed by atoms with Gasteiger partial charge in [-0.1, -0.05) is 29.3 Å². The lowest BCUT2D eigenvalue weighted by Gasteiger charge is -2.18. The van der Waals surface area contributed by atoms with Gasteiger partial charge >= 0.3 is 0 Å². The number of hydrogen-bond acceptors (Lipinski definition) is 3. The van der Waals surface area contributed by atoms with Crippen molar-refractivity contribution in [2.24, 2.45) is 0 Å². The lowest BCUT2D eigenvalue weighted by molar-refractivity contribution is 0.328. The van der Waals surface area contributed by atoms with Crippen LogP contribution in [0.25, 0.3) is 0 Å². The number of halogens is 2. The van der Waals surface area contributed by atoms with Gasteiger partial charge in [0.05, 0.1) is 22.3 Å². The summed E-state index contributed by atoms with van der Waals surface area (Å²) >= 11 is 12.0. The van der Waals surface area contributed by atoms with Gasteiger partial charge in [-0.2, -0.15) is 0 Å². The minimum atomic E-state index is 0.0631. The average molecular weight is 311 g/mol. The highest BCUT2D eigenvalue weighted by molar-refractivity contribution is 6.42. The summed E-state index contributed by atoms with van der Waals surface area (Å²) in [6.45, 7) is 4.55. The van der Waals surface area contributed by atoms with Crippen LogP contribution < -0.4 is 10.1 Å². The van der Waals surface area contributed by atoms with Crippen LogP contribution in [-0.2, 0) is 0 Å². The molecule has 1 unspecified atom stereocenters. The predicted octanol–water partition coefficient (Wildman–Crippen LogP) is 4.96. The third kappa shape index (κ3) is 3.56. The topological polar surface area (TPSA) is 34.1 Å².